The first-order valence-corrected chi connectivity index (χ1v) is 4.67. The Morgan fingerprint density at radius 3 is 2.67 bits per heavy atom. The summed E-state index contributed by atoms with van der Waals surface area (Å²) in [7, 11) is 0. The van der Waals surface area contributed by atoms with Crippen molar-refractivity contribution in [2.24, 2.45) is 0 Å². The summed E-state index contributed by atoms with van der Waals surface area (Å²) in [6.45, 7) is 1.90. The van der Waals surface area contributed by atoms with Gasteiger partial charge < -0.3 is 11.1 Å². The Kier molecular flexibility index (Phi) is 2.49. The van der Waals surface area contributed by atoms with Gasteiger partial charge >= 0.3 is 0 Å². The summed E-state index contributed by atoms with van der Waals surface area (Å²) in [5, 5.41) is 11.1. The molecule has 4 nitrogen and oxygen atoms in total. The topological polar surface area (TPSA) is 63.8 Å². The summed E-state index contributed by atoms with van der Waals surface area (Å²) in [5.74, 6) is 0.714. The third-order valence-electron chi connectivity index (χ3n) is 1.96. The van der Waals surface area contributed by atoms with Gasteiger partial charge in [-0.1, -0.05) is 6.07 Å². The zero-order valence-electron chi connectivity index (χ0n) is 8.44. The van der Waals surface area contributed by atoms with Gasteiger partial charge in [0, 0.05) is 11.4 Å². The van der Waals surface area contributed by atoms with Gasteiger partial charge in [0.2, 0.25) is 0 Å². The summed E-state index contributed by atoms with van der Waals surface area (Å²) in [6.07, 6.45) is 0. The number of rotatable bonds is 2. The molecule has 0 atom stereocenters. The largest absolute Gasteiger partial charge is 0.399 e. The number of nitrogens with one attached hydrogen (secondary N) is 1. The molecule has 1 aromatic carbocycles. The molecule has 0 saturated carbocycles. The predicted octanol–water partition coefficient (Wildman–Crippen LogP) is 2.11. The zero-order chi connectivity index (χ0) is 10.7. The minimum atomic E-state index is 0.714. The summed E-state index contributed by atoms with van der Waals surface area (Å²) in [6, 6.07) is 11.3. The number of aryl methyl sites for hydroxylation is 1. The van der Waals surface area contributed by atoms with Crippen molar-refractivity contribution in [2.45, 2.75) is 6.92 Å². The lowest BCUT2D eigenvalue weighted by Gasteiger charge is -2.05. The average molecular weight is 200 g/mol. The SMILES string of the molecule is Cc1ccc(Nc2cccc(N)c2)nn1. The van der Waals surface area contributed by atoms with Crippen LogP contribution in [-0.2, 0) is 0 Å². The molecule has 0 aliphatic rings. The van der Waals surface area contributed by atoms with Gasteiger partial charge in [0.1, 0.15) is 0 Å². The molecule has 4 heteroatoms. The Hall–Kier alpha value is -2.10. The van der Waals surface area contributed by atoms with Crippen LogP contribution in [0.25, 0.3) is 0 Å². The number of benzene rings is 1. The van der Waals surface area contributed by atoms with Crippen LogP contribution in [0.4, 0.5) is 17.2 Å². The van der Waals surface area contributed by atoms with Crippen molar-refractivity contribution < 1.29 is 0 Å². The molecule has 15 heavy (non-hydrogen) atoms. The highest BCUT2D eigenvalue weighted by molar-refractivity contribution is 5.60. The van der Waals surface area contributed by atoms with Crippen molar-refractivity contribution in [3.63, 3.8) is 0 Å². The number of hydrogen-bond acceptors (Lipinski definition) is 4. The van der Waals surface area contributed by atoms with Gasteiger partial charge in [0.05, 0.1) is 5.69 Å². The number of hydrogen-bond donors (Lipinski definition) is 2. The first-order chi connectivity index (χ1) is 7.24. The maximum Gasteiger partial charge on any atom is 0.153 e. The van der Waals surface area contributed by atoms with Gasteiger partial charge in [-0.3, -0.25) is 0 Å². The smallest absolute Gasteiger partial charge is 0.153 e. The van der Waals surface area contributed by atoms with Crippen molar-refractivity contribution in [3.05, 3.63) is 42.1 Å². The van der Waals surface area contributed by atoms with Gasteiger partial charge in [0.25, 0.3) is 0 Å². The van der Waals surface area contributed by atoms with Crippen LogP contribution in [0.1, 0.15) is 5.69 Å². The number of nitrogens with zero attached hydrogens (tertiary/aromatic N) is 2. The number of nitrogens with two attached hydrogens (primary N) is 1. The third-order valence-corrected chi connectivity index (χ3v) is 1.96. The molecule has 0 unspecified atom stereocenters. The fraction of sp³-hybridized carbons (Fsp3) is 0.0909. The van der Waals surface area contributed by atoms with E-state index in [1.807, 2.05) is 43.3 Å². The van der Waals surface area contributed by atoms with Gasteiger partial charge in [0.15, 0.2) is 5.82 Å². The Labute approximate surface area is 88.2 Å². The summed E-state index contributed by atoms with van der Waals surface area (Å²) < 4.78 is 0. The van der Waals surface area contributed by atoms with Gasteiger partial charge in [-0.05, 0) is 37.3 Å². The molecule has 2 rings (SSSR count). The third kappa shape index (κ3) is 2.43. The van der Waals surface area contributed by atoms with E-state index in [0.29, 0.717) is 5.82 Å². The minimum Gasteiger partial charge on any atom is -0.399 e. The molecule has 0 radical (unpaired) electrons. The van der Waals surface area contributed by atoms with E-state index in [9.17, 15) is 0 Å². The lowest BCUT2D eigenvalue weighted by molar-refractivity contribution is 0.986. The summed E-state index contributed by atoms with van der Waals surface area (Å²) >= 11 is 0. The number of nitrogen functional groups attached to an aromatic ring is 1. The van der Waals surface area contributed by atoms with E-state index in [4.69, 9.17) is 5.73 Å². The predicted molar refractivity (Wildman–Crippen MR) is 60.9 cm³/mol. The zero-order valence-corrected chi connectivity index (χ0v) is 8.44. The molecule has 76 valence electrons. The molecular formula is C11H12N4. The van der Waals surface area contributed by atoms with E-state index in [2.05, 4.69) is 15.5 Å². The highest BCUT2D eigenvalue weighted by atomic mass is 15.2. The minimum absolute atomic E-state index is 0.714. The Balaban J connectivity index is 2.18. The monoisotopic (exact) mass is 200 g/mol. The average Bonchev–Trinajstić information content (AvgIpc) is 2.22. The maximum absolute atomic E-state index is 5.66. The molecule has 0 saturated heterocycles. The van der Waals surface area contributed by atoms with Crippen molar-refractivity contribution in [1.29, 1.82) is 0 Å². The Morgan fingerprint density at radius 2 is 2.00 bits per heavy atom. The van der Waals surface area contributed by atoms with Crippen LogP contribution >= 0.6 is 0 Å². The molecule has 0 fully saturated rings. The van der Waals surface area contributed by atoms with E-state index >= 15 is 0 Å². The molecule has 0 aliphatic heterocycles. The number of aromatic nitrogens is 2. The molecular weight excluding hydrogens is 188 g/mol. The molecule has 0 amide bonds. The van der Waals surface area contributed by atoms with Crippen molar-refractivity contribution in [2.75, 3.05) is 11.1 Å². The first-order valence-electron chi connectivity index (χ1n) is 4.67. The molecule has 0 spiro atoms. The van der Waals surface area contributed by atoms with Crippen LogP contribution in [0.2, 0.25) is 0 Å². The highest BCUT2D eigenvalue weighted by Gasteiger charge is 1.96. The van der Waals surface area contributed by atoms with Crippen LogP contribution in [0.3, 0.4) is 0 Å². The lowest BCUT2D eigenvalue weighted by Crippen LogP contribution is -1.96. The van der Waals surface area contributed by atoms with Gasteiger partial charge in [-0.15, -0.1) is 5.10 Å². The molecule has 0 aliphatic carbocycles. The Morgan fingerprint density at radius 1 is 1.13 bits per heavy atom. The molecule has 2 aromatic rings. The molecule has 1 heterocycles. The van der Waals surface area contributed by atoms with Gasteiger partial charge in [-0.25, -0.2) is 0 Å². The van der Waals surface area contributed by atoms with Crippen LogP contribution in [-0.4, -0.2) is 10.2 Å². The van der Waals surface area contributed by atoms with Crippen molar-refractivity contribution in [3.8, 4) is 0 Å². The summed E-state index contributed by atoms with van der Waals surface area (Å²) in [4.78, 5) is 0. The van der Waals surface area contributed by atoms with Gasteiger partial charge in [-0.2, -0.15) is 5.10 Å². The molecule has 1 aromatic heterocycles. The van der Waals surface area contributed by atoms with E-state index in [1.54, 1.807) is 0 Å². The number of anilines is 3. The van der Waals surface area contributed by atoms with Crippen molar-refractivity contribution >= 4 is 17.2 Å². The highest BCUT2D eigenvalue weighted by Crippen LogP contribution is 2.16. The second-order valence-electron chi connectivity index (χ2n) is 3.31. The van der Waals surface area contributed by atoms with Crippen LogP contribution in [0.5, 0.6) is 0 Å². The fourth-order valence-electron chi connectivity index (χ4n) is 1.23. The fourth-order valence-corrected chi connectivity index (χ4v) is 1.23. The van der Waals surface area contributed by atoms with Crippen LogP contribution in [0.15, 0.2) is 36.4 Å². The first kappa shape index (κ1) is 9.45. The van der Waals surface area contributed by atoms with E-state index in [0.717, 1.165) is 17.1 Å². The lowest BCUT2D eigenvalue weighted by atomic mass is 10.3. The van der Waals surface area contributed by atoms with Crippen LogP contribution in [0, 0.1) is 6.92 Å². The van der Waals surface area contributed by atoms with Crippen LogP contribution < -0.4 is 11.1 Å². The van der Waals surface area contributed by atoms with E-state index in [1.165, 1.54) is 0 Å². The molecule has 3 N–H and O–H groups in total. The second-order valence-corrected chi connectivity index (χ2v) is 3.31. The molecule has 0 bridgehead atoms. The second kappa shape index (κ2) is 3.96. The van der Waals surface area contributed by atoms with E-state index in [-0.39, 0.29) is 0 Å². The standard InChI is InChI=1S/C11H12N4/c1-8-5-6-11(15-14-8)13-10-4-2-3-9(12)7-10/h2-7H,12H2,1H3,(H,13,15). The quantitative estimate of drug-likeness (QED) is 0.729. The van der Waals surface area contributed by atoms with E-state index < -0.39 is 0 Å². The van der Waals surface area contributed by atoms with Crippen molar-refractivity contribution in [1.82, 2.24) is 10.2 Å². The summed E-state index contributed by atoms with van der Waals surface area (Å²) in [5.41, 5.74) is 8.19. The Bertz CT molecular complexity index is 450. The maximum atomic E-state index is 5.66. The normalized spacial score (nSPS) is 9.93.